The minimum Gasteiger partial charge on any atom is -0.351 e. The molecule has 2 aromatic rings. The number of hydrogen-bond donors (Lipinski definition) is 1. The Morgan fingerprint density at radius 3 is 2.39 bits per heavy atom. The molecule has 1 fully saturated rings. The predicted octanol–water partition coefficient (Wildman–Crippen LogP) is 7.05. The molecule has 180 valence electrons. The number of halogens is 1. The number of rotatable bonds is 10. The van der Waals surface area contributed by atoms with Gasteiger partial charge in [-0.25, -0.2) is 0 Å². The first-order valence-corrected chi connectivity index (χ1v) is 13.0. The molecule has 1 N–H and O–H groups in total. The molecule has 1 saturated carbocycles. The molecular weight excluding hydrogens is 428 g/mol. The molecule has 4 heteroatoms. The number of hydrogen-bond acceptors (Lipinski definition) is 2. The normalized spacial score (nSPS) is 16.7. The smallest absolute Gasteiger partial charge is 0.251 e. The summed E-state index contributed by atoms with van der Waals surface area (Å²) in [6.07, 6.45) is 7.67. The van der Waals surface area contributed by atoms with Crippen LogP contribution in [0.2, 0.25) is 5.02 Å². The summed E-state index contributed by atoms with van der Waals surface area (Å²) in [6.45, 7) is 9.29. The molecule has 0 spiro atoms. The lowest BCUT2D eigenvalue weighted by Gasteiger charge is -2.43. The number of amides is 1. The van der Waals surface area contributed by atoms with Crippen LogP contribution in [0.1, 0.15) is 86.7 Å². The number of nitrogens with zero attached hydrogens (tertiary/aromatic N) is 1. The lowest BCUT2D eigenvalue weighted by molar-refractivity contribution is 0.0949. The predicted molar refractivity (Wildman–Crippen MR) is 140 cm³/mol. The zero-order valence-electron chi connectivity index (χ0n) is 20.9. The molecule has 1 aliphatic carbocycles. The third kappa shape index (κ3) is 6.83. The van der Waals surface area contributed by atoms with Gasteiger partial charge >= 0.3 is 0 Å². The lowest BCUT2D eigenvalue weighted by Crippen LogP contribution is -2.39. The maximum Gasteiger partial charge on any atom is 0.251 e. The number of carbonyl (C=O) groups excluding carboxylic acids is 1. The van der Waals surface area contributed by atoms with E-state index < -0.39 is 0 Å². The summed E-state index contributed by atoms with van der Waals surface area (Å²) in [7, 11) is 2.16. The molecule has 1 aliphatic rings. The fourth-order valence-electron chi connectivity index (χ4n) is 5.33. The van der Waals surface area contributed by atoms with E-state index in [9.17, 15) is 4.79 Å². The van der Waals surface area contributed by atoms with Crippen LogP contribution in [0.15, 0.2) is 48.5 Å². The second-order valence-corrected chi connectivity index (χ2v) is 10.7. The highest BCUT2D eigenvalue weighted by Crippen LogP contribution is 2.46. The Labute approximate surface area is 205 Å². The van der Waals surface area contributed by atoms with Gasteiger partial charge in [0, 0.05) is 23.7 Å². The maximum absolute atomic E-state index is 12.6. The molecule has 33 heavy (non-hydrogen) atoms. The number of carbonyl (C=O) groups is 1. The van der Waals surface area contributed by atoms with Crippen molar-refractivity contribution in [2.45, 2.75) is 70.6 Å². The number of benzene rings is 2. The molecule has 3 rings (SSSR count). The van der Waals surface area contributed by atoms with E-state index in [0.717, 1.165) is 30.1 Å². The summed E-state index contributed by atoms with van der Waals surface area (Å²) in [5, 5.41) is 3.91. The highest BCUT2D eigenvalue weighted by atomic mass is 35.5. The van der Waals surface area contributed by atoms with Gasteiger partial charge in [-0.3, -0.25) is 4.79 Å². The lowest BCUT2D eigenvalue weighted by atomic mass is 9.62. The fraction of sp³-hybridized carbons (Fsp3) is 0.552. The van der Waals surface area contributed by atoms with Crippen molar-refractivity contribution in [3.8, 4) is 0 Å². The molecule has 0 radical (unpaired) electrons. The minimum atomic E-state index is 0.0168. The first kappa shape index (κ1) is 25.8. The van der Waals surface area contributed by atoms with E-state index in [4.69, 9.17) is 11.6 Å². The van der Waals surface area contributed by atoms with Crippen LogP contribution in [0.25, 0.3) is 0 Å². The monoisotopic (exact) mass is 468 g/mol. The Bertz CT molecular complexity index is 887. The molecule has 0 aromatic heterocycles. The Balaban J connectivity index is 1.50. The summed E-state index contributed by atoms with van der Waals surface area (Å²) in [5.74, 6) is 1.05. The highest BCUT2D eigenvalue weighted by Gasteiger charge is 2.38. The standard InChI is InChI=1S/C29H41ClN2O/c1-22(2)24-9-8-10-25(21-24)28(33)31-18-20-32(4)19-15-23(3)29(16-6-5-7-17-29)26-11-13-27(30)14-12-26/h8-14,21-23H,5-7,15-20H2,1-4H3,(H,31,33). The summed E-state index contributed by atoms with van der Waals surface area (Å²) in [4.78, 5) is 14.9. The van der Waals surface area contributed by atoms with Crippen LogP contribution in [0, 0.1) is 5.92 Å². The minimum absolute atomic E-state index is 0.0168. The van der Waals surface area contributed by atoms with E-state index in [1.165, 1.54) is 43.2 Å². The summed E-state index contributed by atoms with van der Waals surface area (Å²) in [5.41, 5.74) is 3.67. The van der Waals surface area contributed by atoms with Gasteiger partial charge in [0.25, 0.3) is 5.91 Å². The van der Waals surface area contributed by atoms with Gasteiger partial charge < -0.3 is 10.2 Å². The van der Waals surface area contributed by atoms with Crippen molar-refractivity contribution in [1.29, 1.82) is 0 Å². The van der Waals surface area contributed by atoms with Gasteiger partial charge in [-0.15, -0.1) is 0 Å². The van der Waals surface area contributed by atoms with Crippen molar-refractivity contribution in [3.63, 3.8) is 0 Å². The molecule has 2 aromatic carbocycles. The van der Waals surface area contributed by atoms with E-state index >= 15 is 0 Å². The second-order valence-electron chi connectivity index (χ2n) is 10.3. The van der Waals surface area contributed by atoms with Crippen LogP contribution in [0.3, 0.4) is 0 Å². The zero-order valence-corrected chi connectivity index (χ0v) is 21.6. The highest BCUT2D eigenvalue weighted by molar-refractivity contribution is 6.30. The fourth-order valence-corrected chi connectivity index (χ4v) is 5.46. The zero-order chi connectivity index (χ0) is 23.8. The van der Waals surface area contributed by atoms with Crippen molar-refractivity contribution >= 4 is 17.5 Å². The van der Waals surface area contributed by atoms with Crippen LogP contribution in [0.4, 0.5) is 0 Å². The van der Waals surface area contributed by atoms with E-state index in [-0.39, 0.29) is 11.3 Å². The average molecular weight is 469 g/mol. The summed E-state index contributed by atoms with van der Waals surface area (Å²) >= 11 is 6.17. The van der Waals surface area contributed by atoms with Gasteiger partial charge in [0.1, 0.15) is 0 Å². The van der Waals surface area contributed by atoms with Crippen LogP contribution in [0.5, 0.6) is 0 Å². The molecule has 1 unspecified atom stereocenters. The van der Waals surface area contributed by atoms with Crippen LogP contribution in [-0.2, 0) is 5.41 Å². The van der Waals surface area contributed by atoms with Crippen molar-refractivity contribution in [2.24, 2.45) is 5.92 Å². The van der Waals surface area contributed by atoms with Gasteiger partial charge in [0.15, 0.2) is 0 Å². The van der Waals surface area contributed by atoms with E-state index in [2.05, 4.69) is 56.2 Å². The Kier molecular flexibility index (Phi) is 9.40. The Morgan fingerprint density at radius 1 is 1.03 bits per heavy atom. The van der Waals surface area contributed by atoms with E-state index in [1.807, 2.05) is 30.3 Å². The van der Waals surface area contributed by atoms with Gasteiger partial charge in [-0.2, -0.15) is 0 Å². The van der Waals surface area contributed by atoms with Gasteiger partial charge in [0.05, 0.1) is 0 Å². The maximum atomic E-state index is 12.6. The van der Waals surface area contributed by atoms with Gasteiger partial charge in [-0.05, 0) is 85.5 Å². The summed E-state index contributed by atoms with van der Waals surface area (Å²) < 4.78 is 0. The van der Waals surface area contributed by atoms with Crippen LogP contribution < -0.4 is 5.32 Å². The molecule has 0 heterocycles. The molecule has 1 amide bonds. The van der Waals surface area contributed by atoms with Crippen molar-refractivity contribution in [1.82, 2.24) is 10.2 Å². The molecule has 0 bridgehead atoms. The number of likely N-dealkylation sites (N-methyl/N-ethyl adjacent to an activating group) is 1. The molecule has 0 saturated heterocycles. The topological polar surface area (TPSA) is 32.3 Å². The van der Waals surface area contributed by atoms with Crippen molar-refractivity contribution in [3.05, 3.63) is 70.2 Å². The third-order valence-corrected chi connectivity index (χ3v) is 7.90. The van der Waals surface area contributed by atoms with Crippen molar-refractivity contribution < 1.29 is 4.79 Å². The SMILES string of the molecule is CC(C)c1cccc(C(=O)NCCN(C)CCC(C)C2(c3ccc(Cl)cc3)CCCCC2)c1. The first-order chi connectivity index (χ1) is 15.8. The summed E-state index contributed by atoms with van der Waals surface area (Å²) in [6, 6.07) is 16.5. The molecule has 0 aliphatic heterocycles. The average Bonchev–Trinajstić information content (AvgIpc) is 2.83. The first-order valence-electron chi connectivity index (χ1n) is 12.6. The largest absolute Gasteiger partial charge is 0.351 e. The van der Waals surface area contributed by atoms with Crippen molar-refractivity contribution in [2.75, 3.05) is 26.7 Å². The van der Waals surface area contributed by atoms with Gasteiger partial charge in [-0.1, -0.05) is 75.9 Å². The van der Waals surface area contributed by atoms with Crippen LogP contribution >= 0.6 is 11.6 Å². The van der Waals surface area contributed by atoms with Crippen LogP contribution in [-0.4, -0.2) is 37.5 Å². The third-order valence-electron chi connectivity index (χ3n) is 7.65. The number of nitrogens with one attached hydrogen (secondary N) is 1. The molecule has 3 nitrogen and oxygen atoms in total. The quantitative estimate of drug-likeness (QED) is 0.405. The Hall–Kier alpha value is -1.84. The molecular formula is C29H41ClN2O. The van der Waals surface area contributed by atoms with E-state index in [0.29, 0.717) is 18.4 Å². The molecule has 1 atom stereocenters. The second kappa shape index (κ2) is 12.0. The van der Waals surface area contributed by atoms with E-state index in [1.54, 1.807) is 0 Å². The van der Waals surface area contributed by atoms with Gasteiger partial charge in [0.2, 0.25) is 0 Å². The Morgan fingerprint density at radius 2 is 1.73 bits per heavy atom.